The Bertz CT molecular complexity index is 1040. The van der Waals surface area contributed by atoms with Gasteiger partial charge in [0.25, 0.3) is 5.91 Å². The van der Waals surface area contributed by atoms with E-state index in [2.05, 4.69) is 39.7 Å². The maximum absolute atomic E-state index is 12.5. The molecule has 4 rings (SSSR count). The second-order valence-electron chi connectivity index (χ2n) is 7.00. The summed E-state index contributed by atoms with van der Waals surface area (Å²) in [5.74, 6) is 1.52. The number of anilines is 3. The van der Waals surface area contributed by atoms with E-state index in [0.29, 0.717) is 36.2 Å². The van der Waals surface area contributed by atoms with Gasteiger partial charge in [0.15, 0.2) is 11.5 Å². The minimum atomic E-state index is -0.344. The van der Waals surface area contributed by atoms with Crippen molar-refractivity contribution in [3.8, 4) is 11.5 Å². The van der Waals surface area contributed by atoms with E-state index in [1.165, 1.54) is 11.8 Å². The van der Waals surface area contributed by atoms with Gasteiger partial charge in [0.05, 0.1) is 12.4 Å². The average Bonchev–Trinajstić information content (AvgIpc) is 2.71. The molecule has 1 amide bonds. The Balaban J connectivity index is 1.46. The lowest BCUT2D eigenvalue weighted by Gasteiger charge is -2.19. The number of ether oxygens (including phenoxy) is 2. The maximum Gasteiger partial charge on any atom is 0.275 e. The number of benzene rings is 2. The third kappa shape index (κ3) is 4.13. The summed E-state index contributed by atoms with van der Waals surface area (Å²) in [6.07, 6.45) is 3.01. The molecule has 0 fully saturated rings. The van der Waals surface area contributed by atoms with Gasteiger partial charge in [-0.1, -0.05) is 17.7 Å². The Morgan fingerprint density at radius 2 is 1.66 bits per heavy atom. The first-order chi connectivity index (χ1) is 14.0. The van der Waals surface area contributed by atoms with E-state index >= 15 is 0 Å². The minimum Gasteiger partial charge on any atom is -0.486 e. The first-order valence-electron chi connectivity index (χ1n) is 9.37. The predicted octanol–water partition coefficient (Wildman–Crippen LogP) is 4.17. The second kappa shape index (κ2) is 7.79. The zero-order valence-corrected chi connectivity index (χ0v) is 16.6. The van der Waals surface area contributed by atoms with Crippen LogP contribution in [-0.2, 0) is 0 Å². The molecule has 0 spiro atoms. The molecule has 0 saturated heterocycles. The van der Waals surface area contributed by atoms with Crippen molar-refractivity contribution in [1.29, 1.82) is 0 Å². The smallest absolute Gasteiger partial charge is 0.275 e. The number of hydrogen-bond acceptors (Lipinski definition) is 6. The Labute approximate surface area is 169 Å². The zero-order chi connectivity index (χ0) is 20.4. The summed E-state index contributed by atoms with van der Waals surface area (Å²) < 4.78 is 11.0. The molecule has 0 atom stereocenters. The minimum absolute atomic E-state index is 0.225. The van der Waals surface area contributed by atoms with Crippen LogP contribution in [0.15, 0.2) is 42.7 Å². The van der Waals surface area contributed by atoms with E-state index in [-0.39, 0.29) is 11.6 Å². The van der Waals surface area contributed by atoms with Gasteiger partial charge >= 0.3 is 0 Å². The molecule has 2 heterocycles. The number of nitrogens with zero attached hydrogens (tertiary/aromatic N) is 2. The molecule has 148 valence electrons. The van der Waals surface area contributed by atoms with Crippen molar-refractivity contribution >= 4 is 23.1 Å². The number of aryl methyl sites for hydroxylation is 3. The van der Waals surface area contributed by atoms with Gasteiger partial charge in [-0.3, -0.25) is 4.79 Å². The van der Waals surface area contributed by atoms with Crippen molar-refractivity contribution in [2.45, 2.75) is 20.8 Å². The van der Waals surface area contributed by atoms with Crippen LogP contribution >= 0.6 is 0 Å². The molecule has 1 aromatic heterocycles. The van der Waals surface area contributed by atoms with Crippen LogP contribution in [0.25, 0.3) is 0 Å². The number of nitrogens with one attached hydrogen (secondary N) is 2. The van der Waals surface area contributed by atoms with Gasteiger partial charge in [-0.2, -0.15) is 0 Å². The Hall–Kier alpha value is -3.61. The summed E-state index contributed by atoms with van der Waals surface area (Å²) in [6, 6.07) is 9.49. The van der Waals surface area contributed by atoms with Gasteiger partial charge in [-0.15, -0.1) is 0 Å². The Morgan fingerprint density at radius 3 is 2.34 bits per heavy atom. The molecule has 3 aromatic rings. The van der Waals surface area contributed by atoms with Crippen LogP contribution in [0.4, 0.5) is 17.2 Å². The highest BCUT2D eigenvalue weighted by Gasteiger charge is 2.14. The SMILES string of the molecule is Cc1cc(C)c(Nc2cnc(C(=O)Nc3ccc4c(c3)OCCO4)cn2)c(C)c1. The molecule has 7 heteroatoms. The van der Waals surface area contributed by atoms with Crippen LogP contribution in [0.2, 0.25) is 0 Å². The van der Waals surface area contributed by atoms with Gasteiger partial charge in [0.2, 0.25) is 0 Å². The van der Waals surface area contributed by atoms with Crippen molar-refractivity contribution in [2.24, 2.45) is 0 Å². The summed E-state index contributed by atoms with van der Waals surface area (Å²) in [6.45, 7) is 7.18. The highest BCUT2D eigenvalue weighted by atomic mass is 16.6. The fraction of sp³-hybridized carbons (Fsp3) is 0.227. The van der Waals surface area contributed by atoms with Gasteiger partial charge in [0.1, 0.15) is 24.7 Å². The Kier molecular flexibility index (Phi) is 5.03. The molecule has 2 N–H and O–H groups in total. The molecule has 29 heavy (non-hydrogen) atoms. The predicted molar refractivity (Wildman–Crippen MR) is 111 cm³/mol. The molecule has 0 saturated carbocycles. The fourth-order valence-corrected chi connectivity index (χ4v) is 3.33. The number of amides is 1. The summed E-state index contributed by atoms with van der Waals surface area (Å²) in [5, 5.41) is 6.09. The molecule has 1 aliphatic rings. The first kappa shape index (κ1) is 18.7. The summed E-state index contributed by atoms with van der Waals surface area (Å²) in [5.41, 5.74) is 5.30. The number of rotatable bonds is 4. The molecule has 1 aliphatic heterocycles. The third-order valence-electron chi connectivity index (χ3n) is 4.61. The average molecular weight is 390 g/mol. The van der Waals surface area contributed by atoms with Crippen molar-refractivity contribution in [3.63, 3.8) is 0 Å². The van der Waals surface area contributed by atoms with Gasteiger partial charge in [0, 0.05) is 17.4 Å². The van der Waals surface area contributed by atoms with E-state index in [4.69, 9.17) is 9.47 Å². The largest absolute Gasteiger partial charge is 0.486 e. The Morgan fingerprint density at radius 1 is 0.931 bits per heavy atom. The van der Waals surface area contributed by atoms with Crippen LogP contribution in [0, 0.1) is 20.8 Å². The molecule has 0 aliphatic carbocycles. The molecule has 0 radical (unpaired) electrons. The maximum atomic E-state index is 12.5. The lowest BCUT2D eigenvalue weighted by molar-refractivity contribution is 0.102. The fourth-order valence-electron chi connectivity index (χ4n) is 3.33. The standard InChI is InChI=1S/C22H22N4O3/c1-13-8-14(2)21(15(3)9-13)26-20-12-23-17(11-24-20)22(27)25-16-4-5-18-19(10-16)29-7-6-28-18/h4-5,8-12H,6-7H2,1-3H3,(H,24,26)(H,25,27). The molecular formula is C22H22N4O3. The van der Waals surface area contributed by atoms with E-state index < -0.39 is 0 Å². The number of hydrogen-bond donors (Lipinski definition) is 2. The van der Waals surface area contributed by atoms with Crippen LogP contribution in [0.3, 0.4) is 0 Å². The van der Waals surface area contributed by atoms with E-state index in [1.54, 1.807) is 24.4 Å². The first-order valence-corrected chi connectivity index (χ1v) is 9.37. The van der Waals surface area contributed by atoms with Crippen molar-refractivity contribution in [2.75, 3.05) is 23.8 Å². The van der Waals surface area contributed by atoms with Crippen molar-refractivity contribution in [1.82, 2.24) is 9.97 Å². The monoisotopic (exact) mass is 390 g/mol. The van der Waals surface area contributed by atoms with Gasteiger partial charge < -0.3 is 20.1 Å². The molecule has 0 bridgehead atoms. The topological polar surface area (TPSA) is 85.4 Å². The molecule has 0 unspecified atom stereocenters. The highest BCUT2D eigenvalue weighted by Crippen LogP contribution is 2.32. The van der Waals surface area contributed by atoms with Gasteiger partial charge in [-0.25, -0.2) is 9.97 Å². The van der Waals surface area contributed by atoms with Crippen LogP contribution in [-0.4, -0.2) is 29.1 Å². The second-order valence-corrected chi connectivity index (χ2v) is 7.00. The lowest BCUT2D eigenvalue weighted by Crippen LogP contribution is -2.17. The van der Waals surface area contributed by atoms with E-state index in [1.807, 2.05) is 13.8 Å². The van der Waals surface area contributed by atoms with Crippen LogP contribution in [0.1, 0.15) is 27.2 Å². The van der Waals surface area contributed by atoms with Gasteiger partial charge in [-0.05, 0) is 44.0 Å². The third-order valence-corrected chi connectivity index (χ3v) is 4.61. The number of carbonyl (C=O) groups is 1. The summed E-state index contributed by atoms with van der Waals surface area (Å²) in [4.78, 5) is 21.1. The molecule has 2 aromatic carbocycles. The lowest BCUT2D eigenvalue weighted by atomic mass is 10.1. The van der Waals surface area contributed by atoms with Crippen LogP contribution < -0.4 is 20.1 Å². The van der Waals surface area contributed by atoms with Crippen molar-refractivity contribution < 1.29 is 14.3 Å². The molecule has 7 nitrogen and oxygen atoms in total. The summed E-state index contributed by atoms with van der Waals surface area (Å²) >= 11 is 0. The van der Waals surface area contributed by atoms with E-state index in [9.17, 15) is 4.79 Å². The number of carbonyl (C=O) groups excluding carboxylic acids is 1. The quantitative estimate of drug-likeness (QED) is 0.695. The van der Waals surface area contributed by atoms with E-state index in [0.717, 1.165) is 16.8 Å². The normalized spacial score (nSPS) is 12.4. The van der Waals surface area contributed by atoms with Crippen LogP contribution in [0.5, 0.6) is 11.5 Å². The zero-order valence-electron chi connectivity index (χ0n) is 16.6. The van der Waals surface area contributed by atoms with Crippen molar-refractivity contribution in [3.05, 3.63) is 65.1 Å². The summed E-state index contributed by atoms with van der Waals surface area (Å²) in [7, 11) is 0. The highest BCUT2D eigenvalue weighted by molar-refractivity contribution is 6.02. The molecular weight excluding hydrogens is 368 g/mol. The number of aromatic nitrogens is 2. The number of fused-ring (bicyclic) bond motifs is 1.